The number of fused-ring (bicyclic) bond motifs is 2. The van der Waals surface area contributed by atoms with Crippen LogP contribution < -0.4 is 28.1 Å². The third-order valence-electron chi connectivity index (χ3n) is 15.5. The number of amides is 4. The smallest absolute Gasteiger partial charge is 0.391 e. The van der Waals surface area contributed by atoms with Crippen LogP contribution in [0.2, 0.25) is 0 Å². The Balaban J connectivity index is 0.000000416. The molecule has 29 nitrogen and oxygen atoms in total. The molecule has 9 aromatic rings. The molecule has 1 saturated heterocycles. The van der Waals surface area contributed by atoms with E-state index in [-0.39, 0.29) is 72.1 Å². The summed E-state index contributed by atoms with van der Waals surface area (Å²) in [5, 5.41) is 54.7. The van der Waals surface area contributed by atoms with Gasteiger partial charge in [-0.05, 0) is 193 Å². The number of aromatic nitrogens is 10. The van der Waals surface area contributed by atoms with Crippen LogP contribution >= 0.6 is 101 Å². The summed E-state index contributed by atoms with van der Waals surface area (Å²) in [7, 11) is 3.71. The Kier molecular flexibility index (Phi) is 45.5. The lowest BCUT2D eigenvalue weighted by molar-refractivity contribution is 0.0438. The molecular weight excluding hydrogens is 1800 g/mol. The van der Waals surface area contributed by atoms with Gasteiger partial charge in [0.2, 0.25) is 9.23 Å². The van der Waals surface area contributed by atoms with E-state index in [1.807, 2.05) is 99.2 Å². The van der Waals surface area contributed by atoms with E-state index in [1.165, 1.54) is 10.5 Å². The number of rotatable bonds is 14. The van der Waals surface area contributed by atoms with Crippen LogP contribution in [-0.4, -0.2) is 161 Å². The number of nitrogens with zero attached hydrogens (tertiary/aromatic N) is 10. The van der Waals surface area contributed by atoms with Crippen molar-refractivity contribution in [3.8, 4) is 0 Å². The molecule has 0 spiro atoms. The van der Waals surface area contributed by atoms with Crippen molar-refractivity contribution >= 4 is 151 Å². The van der Waals surface area contributed by atoms with E-state index < -0.39 is 31.8 Å². The van der Waals surface area contributed by atoms with Crippen molar-refractivity contribution in [2.45, 2.75) is 162 Å². The van der Waals surface area contributed by atoms with Gasteiger partial charge in [-0.1, -0.05) is 84.9 Å². The van der Waals surface area contributed by atoms with Crippen molar-refractivity contribution in [2.24, 2.45) is 17.4 Å². The number of carbonyl (C=O) groups is 5. The van der Waals surface area contributed by atoms with Crippen LogP contribution in [-0.2, 0) is 34.5 Å². The predicted molar refractivity (Wildman–Crippen MR) is 431 cm³/mol. The maximum absolute atomic E-state index is 12.5. The standard InChI is InChI=1S/C15H14BrN3O2.C14H18BrN3.C8H5NO2.C7H12BrN3.C7H11BrN2O.C7H6O.C4H8O4S.C4H10O2.C3H3BrN2.Cl2OS.H4N2/c1-9(18-8-11(16)7-17-18)10(2)19-14(20)12-5-3-4-6-13(12)15(19)21;1-11(12(2)18-10-14(15)9-17-18)16-8-13-6-4-3-5-7-13;10-7-5-3-1-2-4-6(5)8(11)9-7;1-5(9)6(2)11-4-7(8)3-10-11;1-5(6(2)11)10-4-7(8)3-9-10;8-6-7-4-2-1-3-5-7;1-3-4(2)8-9(5,6)7-3;1-3(5)4(2)6;4-3-1-5-6-2-3;1-4(2)3;1-2/h3-10H,1-2H3;3-7,9-12,16H,8H2,1-2H3;1-4H,(H,9,10,11);3-6H,9H2,1-2H3;3-6,11H,1-2H3;1-6H;3-4H,1-2H3;3-6H,1-2H3;1-2H,(H,5,6);;1-2H2/t9-,10-;11-,12-;;5-,6-;5-,6+;;2*3-,4-;;;/m00.00.11.../s1. The highest BCUT2D eigenvalue weighted by Crippen LogP contribution is 2.29. The van der Waals surface area contributed by atoms with Crippen LogP contribution in [0.1, 0.15) is 165 Å². The summed E-state index contributed by atoms with van der Waals surface area (Å²) >= 11 is 16.6. The molecule has 4 aromatic carbocycles. The Hall–Kier alpha value is -6.40. The molecule has 5 aromatic heterocycles. The number of H-pyrrole nitrogens is 1. The van der Waals surface area contributed by atoms with Crippen molar-refractivity contribution in [1.82, 2.24) is 64.9 Å². The van der Waals surface area contributed by atoms with Gasteiger partial charge in [0.25, 0.3) is 23.6 Å². The Bertz CT molecular complexity index is 4080. The number of aliphatic hydroxyl groups excluding tert-OH is 3. The van der Waals surface area contributed by atoms with Crippen molar-refractivity contribution in [2.75, 3.05) is 0 Å². The van der Waals surface area contributed by atoms with E-state index >= 15 is 0 Å². The fourth-order valence-electron chi connectivity index (χ4n) is 8.34. The number of nitrogens with two attached hydrogens (primary N) is 3. The molecule has 12 rings (SSSR count). The number of hydrogen-bond acceptors (Lipinski definition) is 22. The Morgan fingerprint density at radius 1 is 0.542 bits per heavy atom. The molecule has 8 heterocycles. The van der Waals surface area contributed by atoms with Gasteiger partial charge in [-0.15, -0.1) is 0 Å². The molecule has 0 saturated carbocycles. The van der Waals surface area contributed by atoms with E-state index in [0.717, 1.165) is 40.8 Å². The third kappa shape index (κ3) is 35.4. The van der Waals surface area contributed by atoms with E-state index in [4.69, 9.17) is 20.2 Å². The van der Waals surface area contributed by atoms with Crippen LogP contribution in [0, 0.1) is 0 Å². The number of aromatic amines is 1. The Labute approximate surface area is 676 Å². The van der Waals surface area contributed by atoms with Gasteiger partial charge >= 0.3 is 10.4 Å². The summed E-state index contributed by atoms with van der Waals surface area (Å²) in [5.41, 5.74) is 9.62. The third-order valence-corrected chi connectivity index (χ3v) is 18.6. The number of hydrazine groups is 1. The summed E-state index contributed by atoms with van der Waals surface area (Å²) < 4.78 is 50.8. The molecule has 38 heteroatoms. The molecule has 1 fully saturated rings. The molecule has 12 atom stereocenters. The normalized spacial score (nSPS) is 16.7. The quantitative estimate of drug-likeness (QED) is 0.0160. The van der Waals surface area contributed by atoms with Gasteiger partial charge < -0.3 is 26.4 Å². The van der Waals surface area contributed by atoms with E-state index in [9.17, 15) is 37.5 Å². The highest BCUT2D eigenvalue weighted by molar-refractivity contribution is 9.11. The van der Waals surface area contributed by atoms with Crippen molar-refractivity contribution in [3.05, 3.63) is 227 Å². The first-order valence-corrected chi connectivity index (χ1v) is 40.6. The van der Waals surface area contributed by atoms with Gasteiger partial charge in [-0.3, -0.25) is 69.7 Å². The number of imide groups is 2. The van der Waals surface area contributed by atoms with E-state index in [1.54, 1.807) is 136 Å². The predicted octanol–water partition coefficient (Wildman–Crippen LogP) is 12.3. The van der Waals surface area contributed by atoms with Gasteiger partial charge in [0.05, 0.1) is 124 Å². The number of halogens is 7. The maximum atomic E-state index is 12.5. The zero-order valence-electron chi connectivity index (χ0n) is 60.5. The van der Waals surface area contributed by atoms with Crippen molar-refractivity contribution < 1.29 is 60.3 Å². The molecular formula is C69H91Br5Cl2N16O13S2. The minimum absolute atomic E-state index is 0.0290. The molecule has 0 bridgehead atoms. The monoisotopic (exact) mass is 1880 g/mol. The maximum Gasteiger partial charge on any atom is 0.400 e. The van der Waals surface area contributed by atoms with Gasteiger partial charge in [-0.25, -0.2) is 12.6 Å². The van der Waals surface area contributed by atoms with Crippen LogP contribution in [0.15, 0.2) is 194 Å². The molecule has 0 aliphatic carbocycles. The highest BCUT2D eigenvalue weighted by atomic mass is 79.9. The molecule has 0 unspecified atom stereocenters. The second kappa shape index (κ2) is 50.4. The molecule has 0 radical (unpaired) electrons. The molecule has 3 aliphatic rings. The fraction of sp³-hybridized carbons (Fsp3) is 0.362. The first-order chi connectivity index (χ1) is 50.4. The number of hydrogen-bond donors (Lipinski definition) is 9. The van der Waals surface area contributed by atoms with Gasteiger partial charge in [0.15, 0.2) is 0 Å². The lowest BCUT2D eigenvalue weighted by Crippen LogP contribution is -2.42. The largest absolute Gasteiger partial charge is 0.400 e. The summed E-state index contributed by atoms with van der Waals surface area (Å²) in [6.07, 6.45) is 16.6. The van der Waals surface area contributed by atoms with Crippen molar-refractivity contribution in [3.63, 3.8) is 0 Å². The SMILES string of the molecule is Brc1cn[nH]c1.C[C@@H](O)[C@@H](C)O.C[C@@H](O)[C@H](C)n1cc(Br)cn1.C[C@@H]([C@H](C)n1cc(Br)cn1)N1C(=O)c2ccccc2C1=O.C[C@H](N)[C@H](C)n1cc(Br)cn1.C[C@H](NCc1ccccc1)[C@H](C)n1cc(Br)cn1.C[C@H]1OS(=O)(=O)O[C@@H]1C.NN.O=C1NC(=O)c2ccccc21.O=Cc1ccccc1.O=S(Cl)Cl. The Morgan fingerprint density at radius 2 is 0.897 bits per heavy atom. The summed E-state index contributed by atoms with van der Waals surface area (Å²) in [5.74, 6) is 6.93. The summed E-state index contributed by atoms with van der Waals surface area (Å²) in [6, 6.07) is 33.9. The fourth-order valence-corrected chi connectivity index (χ4v) is 10.8. The van der Waals surface area contributed by atoms with Gasteiger partial charge in [0.1, 0.15) is 18.5 Å². The Morgan fingerprint density at radius 3 is 1.19 bits per heavy atom. The van der Waals surface area contributed by atoms with Crippen LogP contribution in [0.25, 0.3) is 0 Å². The number of aldehydes is 1. The average Bonchev–Trinajstić information content (AvgIpc) is 1.62. The average molecular weight is 1890 g/mol. The number of nitrogens with one attached hydrogen (secondary N) is 3. The zero-order chi connectivity index (χ0) is 80.8. The minimum atomic E-state index is -3.64. The number of benzene rings is 4. The molecule has 586 valence electrons. The number of carbonyl (C=O) groups excluding carboxylic acids is 5. The lowest BCUT2D eigenvalue weighted by atomic mass is 10.1. The van der Waals surface area contributed by atoms with Gasteiger partial charge in [0, 0.05) is 76.5 Å². The van der Waals surface area contributed by atoms with Gasteiger partial charge in [-0.2, -0.15) is 33.9 Å². The second-order valence-corrected chi connectivity index (χ2v) is 31.8. The van der Waals surface area contributed by atoms with Crippen LogP contribution in [0.3, 0.4) is 0 Å². The molecule has 3 aliphatic heterocycles. The van der Waals surface area contributed by atoms with Crippen molar-refractivity contribution in [1.29, 1.82) is 0 Å². The van der Waals surface area contributed by atoms with E-state index in [2.05, 4.69) is 200 Å². The minimum Gasteiger partial charge on any atom is -0.391 e. The molecule has 12 N–H and O–H groups in total. The molecule has 107 heavy (non-hydrogen) atoms. The van der Waals surface area contributed by atoms with Crippen LogP contribution in [0.5, 0.6) is 0 Å². The lowest BCUT2D eigenvalue weighted by Gasteiger charge is -2.28. The zero-order valence-corrected chi connectivity index (χ0v) is 71.5. The number of aliphatic hydroxyl groups is 3. The summed E-state index contributed by atoms with van der Waals surface area (Å²) in [6.45, 7) is 23.1. The highest BCUT2D eigenvalue weighted by Gasteiger charge is 2.40. The topological polar surface area (TPSA) is 421 Å². The van der Waals surface area contributed by atoms with Crippen LogP contribution in [0.4, 0.5) is 0 Å². The summed E-state index contributed by atoms with van der Waals surface area (Å²) in [4.78, 5) is 58.1. The first-order valence-electron chi connectivity index (χ1n) is 32.5. The molecule has 4 amide bonds. The first kappa shape index (κ1) is 96.7. The van der Waals surface area contributed by atoms with E-state index in [0.29, 0.717) is 34.3 Å². The second-order valence-electron chi connectivity index (χ2n) is 23.5.